The average molecular weight is 250 g/mol. The zero-order valence-electron chi connectivity index (χ0n) is 10.2. The number of hydrogen-bond acceptors (Lipinski definition) is 4. The van der Waals surface area contributed by atoms with E-state index in [1.54, 1.807) is 12.4 Å². The number of fused-ring (bicyclic) bond motifs is 2. The van der Waals surface area contributed by atoms with Crippen molar-refractivity contribution in [2.24, 2.45) is 7.05 Å². The molecule has 0 N–H and O–H groups in total. The summed E-state index contributed by atoms with van der Waals surface area (Å²) in [5.74, 6) is 1.51. The number of imidazole rings is 1. The lowest BCUT2D eigenvalue weighted by molar-refractivity contribution is 0.928. The van der Waals surface area contributed by atoms with Gasteiger partial charge in [-0.3, -0.25) is 9.38 Å². The van der Waals surface area contributed by atoms with E-state index in [4.69, 9.17) is 0 Å². The van der Waals surface area contributed by atoms with E-state index in [0.29, 0.717) is 5.65 Å². The van der Waals surface area contributed by atoms with Crippen molar-refractivity contribution in [2.45, 2.75) is 0 Å². The van der Waals surface area contributed by atoms with Gasteiger partial charge in [0.15, 0.2) is 11.5 Å². The third-order valence-corrected chi connectivity index (χ3v) is 3.20. The second-order valence-corrected chi connectivity index (χ2v) is 4.31. The molecule has 19 heavy (non-hydrogen) atoms. The summed E-state index contributed by atoms with van der Waals surface area (Å²) in [6, 6.07) is 8.00. The van der Waals surface area contributed by atoms with Crippen LogP contribution in [0.15, 0.2) is 42.9 Å². The molecule has 1 aromatic carbocycles. The molecule has 0 aliphatic rings. The zero-order valence-corrected chi connectivity index (χ0v) is 10.2. The van der Waals surface area contributed by atoms with Crippen LogP contribution in [0.3, 0.4) is 0 Å². The molecular formula is C13H10N6. The van der Waals surface area contributed by atoms with Crippen molar-refractivity contribution in [1.29, 1.82) is 0 Å². The number of aryl methyl sites for hydroxylation is 1. The highest BCUT2D eigenvalue weighted by Crippen LogP contribution is 2.22. The maximum absolute atomic E-state index is 4.62. The van der Waals surface area contributed by atoms with Crippen LogP contribution in [0.2, 0.25) is 0 Å². The smallest absolute Gasteiger partial charge is 0.204 e. The van der Waals surface area contributed by atoms with Gasteiger partial charge in [-0.25, -0.2) is 4.98 Å². The number of nitrogens with zero attached hydrogens (tertiary/aromatic N) is 6. The van der Waals surface area contributed by atoms with Crippen LogP contribution >= 0.6 is 0 Å². The third-order valence-electron chi connectivity index (χ3n) is 3.20. The molecule has 4 rings (SSSR count). The second-order valence-electron chi connectivity index (χ2n) is 4.31. The van der Waals surface area contributed by atoms with Crippen LogP contribution in [-0.4, -0.2) is 29.1 Å². The predicted octanol–water partition coefficient (Wildman–Crippen LogP) is 1.68. The maximum atomic E-state index is 4.62. The molecule has 4 aromatic rings. The molecule has 0 bridgehead atoms. The molecule has 0 saturated carbocycles. The van der Waals surface area contributed by atoms with Crippen molar-refractivity contribution < 1.29 is 0 Å². The maximum Gasteiger partial charge on any atom is 0.204 e. The molecule has 3 aromatic heterocycles. The summed E-state index contributed by atoms with van der Waals surface area (Å²) in [5.41, 5.74) is 2.73. The SMILES string of the molecule is Cn1c(-c2nnc3cnccn23)nc2ccccc21. The van der Waals surface area contributed by atoms with Gasteiger partial charge in [-0.1, -0.05) is 12.1 Å². The lowest BCUT2D eigenvalue weighted by atomic mass is 10.3. The van der Waals surface area contributed by atoms with E-state index < -0.39 is 0 Å². The Balaban J connectivity index is 2.07. The lowest BCUT2D eigenvalue weighted by Crippen LogP contribution is -1.97. The monoisotopic (exact) mass is 250 g/mol. The normalized spacial score (nSPS) is 11.4. The molecule has 0 aliphatic carbocycles. The largest absolute Gasteiger partial charge is 0.324 e. The van der Waals surface area contributed by atoms with Crippen LogP contribution in [0.5, 0.6) is 0 Å². The van der Waals surface area contributed by atoms with Crippen molar-refractivity contribution >= 4 is 16.7 Å². The molecule has 0 amide bonds. The van der Waals surface area contributed by atoms with Gasteiger partial charge in [0, 0.05) is 19.4 Å². The Labute approximate surface area is 108 Å². The molecule has 3 heterocycles. The Morgan fingerprint density at radius 1 is 1.05 bits per heavy atom. The van der Waals surface area contributed by atoms with Gasteiger partial charge < -0.3 is 4.57 Å². The highest BCUT2D eigenvalue weighted by molar-refractivity contribution is 5.79. The Morgan fingerprint density at radius 3 is 2.84 bits per heavy atom. The van der Waals surface area contributed by atoms with Crippen LogP contribution in [-0.2, 0) is 7.05 Å². The van der Waals surface area contributed by atoms with Gasteiger partial charge in [-0.05, 0) is 12.1 Å². The van der Waals surface area contributed by atoms with E-state index in [2.05, 4.69) is 20.2 Å². The van der Waals surface area contributed by atoms with E-state index in [9.17, 15) is 0 Å². The lowest BCUT2D eigenvalue weighted by Gasteiger charge is -2.00. The zero-order chi connectivity index (χ0) is 12.8. The highest BCUT2D eigenvalue weighted by Gasteiger charge is 2.15. The van der Waals surface area contributed by atoms with Crippen molar-refractivity contribution in [2.75, 3.05) is 0 Å². The quantitative estimate of drug-likeness (QED) is 0.515. The van der Waals surface area contributed by atoms with E-state index in [1.807, 2.05) is 46.5 Å². The van der Waals surface area contributed by atoms with E-state index in [1.165, 1.54) is 0 Å². The van der Waals surface area contributed by atoms with Gasteiger partial charge in [0.05, 0.1) is 17.2 Å². The first-order valence-electron chi connectivity index (χ1n) is 5.91. The fraction of sp³-hybridized carbons (Fsp3) is 0.0769. The Hall–Kier alpha value is -2.76. The summed E-state index contributed by atoms with van der Waals surface area (Å²) in [5, 5.41) is 8.31. The van der Waals surface area contributed by atoms with Gasteiger partial charge in [0.25, 0.3) is 0 Å². The van der Waals surface area contributed by atoms with Gasteiger partial charge in [-0.2, -0.15) is 0 Å². The predicted molar refractivity (Wildman–Crippen MR) is 70.5 cm³/mol. The first-order chi connectivity index (χ1) is 9.34. The van der Waals surface area contributed by atoms with Gasteiger partial charge in [0.1, 0.15) is 0 Å². The van der Waals surface area contributed by atoms with E-state index >= 15 is 0 Å². The summed E-state index contributed by atoms with van der Waals surface area (Å²) >= 11 is 0. The molecule has 6 nitrogen and oxygen atoms in total. The molecule has 0 atom stereocenters. The van der Waals surface area contributed by atoms with Crippen molar-refractivity contribution in [1.82, 2.24) is 29.1 Å². The number of hydrogen-bond donors (Lipinski definition) is 0. The van der Waals surface area contributed by atoms with Crippen LogP contribution < -0.4 is 0 Å². The molecule has 0 radical (unpaired) electrons. The fourth-order valence-corrected chi connectivity index (χ4v) is 2.25. The van der Waals surface area contributed by atoms with Crippen molar-refractivity contribution in [3.05, 3.63) is 42.9 Å². The molecule has 0 saturated heterocycles. The summed E-state index contributed by atoms with van der Waals surface area (Å²) in [7, 11) is 1.98. The molecular weight excluding hydrogens is 240 g/mol. The summed E-state index contributed by atoms with van der Waals surface area (Å²) in [4.78, 5) is 8.66. The second kappa shape index (κ2) is 3.61. The van der Waals surface area contributed by atoms with Gasteiger partial charge in [-0.15, -0.1) is 10.2 Å². The van der Waals surface area contributed by atoms with E-state index in [-0.39, 0.29) is 0 Å². The fourth-order valence-electron chi connectivity index (χ4n) is 2.25. The Kier molecular flexibility index (Phi) is 1.94. The Morgan fingerprint density at radius 2 is 1.95 bits per heavy atom. The van der Waals surface area contributed by atoms with Crippen LogP contribution in [0.1, 0.15) is 0 Å². The highest BCUT2D eigenvalue weighted by atomic mass is 15.3. The summed E-state index contributed by atoms with van der Waals surface area (Å²) in [6.07, 6.45) is 5.23. The van der Waals surface area contributed by atoms with Crippen LogP contribution in [0, 0.1) is 0 Å². The minimum absolute atomic E-state index is 0.713. The Bertz CT molecular complexity index is 888. The molecule has 0 spiro atoms. The molecule has 0 aliphatic heterocycles. The standard InChI is InChI=1S/C13H10N6/c1-18-10-5-3-2-4-9(10)15-12(18)13-17-16-11-8-14-6-7-19(11)13/h2-8H,1H3. The van der Waals surface area contributed by atoms with E-state index in [0.717, 1.165) is 22.7 Å². The number of benzene rings is 1. The number of aromatic nitrogens is 6. The molecule has 6 heteroatoms. The topological polar surface area (TPSA) is 60.9 Å². The first kappa shape index (κ1) is 10.2. The first-order valence-corrected chi connectivity index (χ1v) is 5.91. The summed E-state index contributed by atoms with van der Waals surface area (Å²) < 4.78 is 3.90. The van der Waals surface area contributed by atoms with Crippen molar-refractivity contribution in [3.63, 3.8) is 0 Å². The minimum Gasteiger partial charge on any atom is -0.324 e. The molecule has 0 unspecified atom stereocenters. The minimum atomic E-state index is 0.713. The van der Waals surface area contributed by atoms with Gasteiger partial charge in [0.2, 0.25) is 5.82 Å². The van der Waals surface area contributed by atoms with Crippen molar-refractivity contribution in [3.8, 4) is 11.6 Å². The third kappa shape index (κ3) is 1.36. The van der Waals surface area contributed by atoms with Crippen LogP contribution in [0.25, 0.3) is 28.3 Å². The molecule has 92 valence electrons. The average Bonchev–Trinajstić information content (AvgIpc) is 3.01. The summed E-state index contributed by atoms with van der Waals surface area (Å²) in [6.45, 7) is 0. The number of rotatable bonds is 1. The number of para-hydroxylation sites is 2. The van der Waals surface area contributed by atoms with Gasteiger partial charge >= 0.3 is 0 Å². The molecule has 0 fully saturated rings. The van der Waals surface area contributed by atoms with Crippen LogP contribution in [0.4, 0.5) is 0 Å².